The van der Waals surface area contributed by atoms with Gasteiger partial charge in [0.05, 0.1) is 23.6 Å². The van der Waals surface area contributed by atoms with Gasteiger partial charge in [0, 0.05) is 18.4 Å². The SMILES string of the molecule is COc1ccc(C(=O)CC2CC(=O)N(c3ccc(S(N)(=O)=O)cc3)C2=O)cc1. The van der Waals surface area contributed by atoms with E-state index < -0.39 is 27.8 Å². The highest BCUT2D eigenvalue weighted by atomic mass is 32.2. The maximum Gasteiger partial charge on any atom is 0.238 e. The van der Waals surface area contributed by atoms with Crippen molar-refractivity contribution in [3.8, 4) is 5.75 Å². The molecule has 8 nitrogen and oxygen atoms in total. The molecule has 1 aliphatic rings. The highest BCUT2D eigenvalue weighted by Gasteiger charge is 2.40. The van der Waals surface area contributed by atoms with Crippen LogP contribution in [0.25, 0.3) is 0 Å². The first-order valence-electron chi connectivity index (χ1n) is 8.37. The van der Waals surface area contributed by atoms with Crippen molar-refractivity contribution in [2.75, 3.05) is 12.0 Å². The molecule has 1 fully saturated rings. The fraction of sp³-hybridized carbons (Fsp3) is 0.211. The first-order valence-corrected chi connectivity index (χ1v) is 9.92. The van der Waals surface area contributed by atoms with E-state index in [2.05, 4.69) is 0 Å². The number of methoxy groups -OCH3 is 1. The second kappa shape index (κ2) is 7.53. The number of anilines is 1. The third-order valence-electron chi connectivity index (χ3n) is 4.51. The second-order valence-corrected chi connectivity index (χ2v) is 7.92. The highest BCUT2D eigenvalue weighted by molar-refractivity contribution is 7.89. The average Bonchev–Trinajstić information content (AvgIpc) is 2.94. The molecule has 9 heteroatoms. The van der Waals surface area contributed by atoms with Crippen LogP contribution in [0.15, 0.2) is 53.4 Å². The van der Waals surface area contributed by atoms with E-state index in [1.807, 2.05) is 0 Å². The molecule has 2 amide bonds. The van der Waals surface area contributed by atoms with Gasteiger partial charge >= 0.3 is 0 Å². The number of ketones is 1. The summed E-state index contributed by atoms with van der Waals surface area (Å²) in [5.41, 5.74) is 0.666. The van der Waals surface area contributed by atoms with Gasteiger partial charge in [0.1, 0.15) is 5.75 Å². The van der Waals surface area contributed by atoms with Crippen LogP contribution in [0, 0.1) is 5.92 Å². The normalized spacial score (nSPS) is 17.1. The van der Waals surface area contributed by atoms with Crippen LogP contribution in [0.5, 0.6) is 5.75 Å². The number of nitrogens with zero attached hydrogens (tertiary/aromatic N) is 1. The van der Waals surface area contributed by atoms with Gasteiger partial charge in [-0.05, 0) is 48.5 Å². The lowest BCUT2D eigenvalue weighted by atomic mass is 9.97. The maximum atomic E-state index is 12.7. The molecule has 1 aliphatic heterocycles. The summed E-state index contributed by atoms with van der Waals surface area (Å²) in [6.45, 7) is 0. The number of carbonyl (C=O) groups is 3. The summed E-state index contributed by atoms with van der Waals surface area (Å²) in [6, 6.07) is 11.6. The topological polar surface area (TPSA) is 124 Å². The Kier molecular flexibility index (Phi) is 5.30. The molecule has 0 aliphatic carbocycles. The number of amides is 2. The predicted octanol–water partition coefficient (Wildman–Crippen LogP) is 1.50. The molecule has 1 saturated heterocycles. The summed E-state index contributed by atoms with van der Waals surface area (Å²) in [7, 11) is -2.36. The summed E-state index contributed by atoms with van der Waals surface area (Å²) in [6.07, 6.45) is -0.180. The fourth-order valence-corrected chi connectivity index (χ4v) is 3.54. The number of carbonyl (C=O) groups excluding carboxylic acids is 3. The molecule has 146 valence electrons. The first kappa shape index (κ1) is 19.7. The van der Waals surface area contributed by atoms with E-state index >= 15 is 0 Å². The lowest BCUT2D eigenvalue weighted by Gasteiger charge is -2.15. The predicted molar refractivity (Wildman–Crippen MR) is 100 cm³/mol. The fourth-order valence-electron chi connectivity index (χ4n) is 3.03. The molecule has 1 heterocycles. The van der Waals surface area contributed by atoms with Crippen LogP contribution in [0.2, 0.25) is 0 Å². The summed E-state index contributed by atoms with van der Waals surface area (Å²) >= 11 is 0. The van der Waals surface area contributed by atoms with E-state index in [9.17, 15) is 22.8 Å². The zero-order valence-electron chi connectivity index (χ0n) is 15.0. The van der Waals surface area contributed by atoms with Gasteiger partial charge in [-0.2, -0.15) is 0 Å². The van der Waals surface area contributed by atoms with Crippen LogP contribution in [-0.4, -0.2) is 33.1 Å². The molecule has 0 aromatic heterocycles. The highest BCUT2D eigenvalue weighted by Crippen LogP contribution is 2.30. The van der Waals surface area contributed by atoms with Crippen molar-refractivity contribution in [2.45, 2.75) is 17.7 Å². The van der Waals surface area contributed by atoms with E-state index in [1.54, 1.807) is 24.3 Å². The summed E-state index contributed by atoms with van der Waals surface area (Å²) < 4.78 is 27.7. The number of Topliss-reactive ketones (excluding diaryl/α,β-unsaturated/α-hetero) is 1. The Morgan fingerprint density at radius 3 is 2.25 bits per heavy atom. The standard InChI is InChI=1S/C19H18N2O6S/c1-27-15-6-2-12(3-7-15)17(22)10-13-11-18(23)21(19(13)24)14-4-8-16(9-5-14)28(20,25)26/h2-9,13H,10-11H2,1H3,(H2,20,25,26). The molecule has 1 atom stereocenters. The molecule has 2 aromatic carbocycles. The van der Waals surface area contributed by atoms with Gasteiger partial charge in [-0.25, -0.2) is 13.6 Å². The monoisotopic (exact) mass is 402 g/mol. The van der Waals surface area contributed by atoms with Crippen LogP contribution in [0.4, 0.5) is 5.69 Å². The van der Waals surface area contributed by atoms with Crippen LogP contribution >= 0.6 is 0 Å². The van der Waals surface area contributed by atoms with E-state index in [0.29, 0.717) is 11.3 Å². The number of rotatable bonds is 6. The minimum atomic E-state index is -3.87. The van der Waals surface area contributed by atoms with E-state index in [0.717, 1.165) is 4.90 Å². The van der Waals surface area contributed by atoms with Crippen molar-refractivity contribution in [1.29, 1.82) is 0 Å². The molecule has 2 N–H and O–H groups in total. The quantitative estimate of drug-likeness (QED) is 0.577. The minimum absolute atomic E-state index is 0.0856. The van der Waals surface area contributed by atoms with Crippen molar-refractivity contribution < 1.29 is 27.5 Å². The minimum Gasteiger partial charge on any atom is -0.497 e. The molecule has 28 heavy (non-hydrogen) atoms. The summed E-state index contributed by atoms with van der Waals surface area (Å²) in [5.74, 6) is -1.34. The van der Waals surface area contributed by atoms with Crippen LogP contribution in [-0.2, 0) is 19.6 Å². The van der Waals surface area contributed by atoms with Gasteiger partial charge in [-0.1, -0.05) is 0 Å². The van der Waals surface area contributed by atoms with Gasteiger partial charge in [-0.3, -0.25) is 19.3 Å². The van der Waals surface area contributed by atoms with Gasteiger partial charge < -0.3 is 4.74 Å². The molecule has 0 bridgehead atoms. The molecular weight excluding hydrogens is 384 g/mol. The van der Waals surface area contributed by atoms with Gasteiger partial charge in [0.25, 0.3) is 0 Å². The van der Waals surface area contributed by atoms with Crippen molar-refractivity contribution in [1.82, 2.24) is 0 Å². The molecule has 0 radical (unpaired) electrons. The zero-order valence-corrected chi connectivity index (χ0v) is 15.8. The van der Waals surface area contributed by atoms with E-state index in [4.69, 9.17) is 9.88 Å². The maximum absolute atomic E-state index is 12.7. The van der Waals surface area contributed by atoms with E-state index in [-0.39, 0.29) is 29.2 Å². The molecular formula is C19H18N2O6S. The van der Waals surface area contributed by atoms with Gasteiger partial charge in [0.2, 0.25) is 21.8 Å². The number of ether oxygens (including phenoxy) is 1. The zero-order chi connectivity index (χ0) is 20.5. The molecule has 1 unspecified atom stereocenters. The number of imide groups is 1. The molecule has 3 rings (SSSR count). The smallest absolute Gasteiger partial charge is 0.238 e. The van der Waals surface area contributed by atoms with Crippen molar-refractivity contribution in [2.24, 2.45) is 11.1 Å². The number of sulfonamides is 1. The number of nitrogens with two attached hydrogens (primary N) is 1. The summed E-state index contributed by atoms with van der Waals surface area (Å²) in [5, 5.41) is 5.04. The lowest BCUT2D eigenvalue weighted by molar-refractivity contribution is -0.122. The number of benzene rings is 2. The Bertz CT molecular complexity index is 1030. The van der Waals surface area contributed by atoms with Crippen molar-refractivity contribution in [3.05, 3.63) is 54.1 Å². The van der Waals surface area contributed by atoms with Crippen LogP contribution in [0.1, 0.15) is 23.2 Å². The Balaban J connectivity index is 1.75. The molecule has 0 saturated carbocycles. The Morgan fingerprint density at radius 2 is 1.71 bits per heavy atom. The molecule has 2 aromatic rings. The number of hydrogen-bond donors (Lipinski definition) is 1. The van der Waals surface area contributed by atoms with Crippen LogP contribution < -0.4 is 14.8 Å². The molecule has 0 spiro atoms. The number of primary sulfonamides is 1. The Morgan fingerprint density at radius 1 is 1.11 bits per heavy atom. The van der Waals surface area contributed by atoms with Crippen LogP contribution in [0.3, 0.4) is 0 Å². The third-order valence-corrected chi connectivity index (χ3v) is 5.44. The van der Waals surface area contributed by atoms with Crippen molar-refractivity contribution >= 4 is 33.3 Å². The lowest BCUT2D eigenvalue weighted by Crippen LogP contribution is -2.31. The number of hydrogen-bond acceptors (Lipinski definition) is 6. The van der Waals surface area contributed by atoms with E-state index in [1.165, 1.54) is 31.4 Å². The Hall–Kier alpha value is -3.04. The average molecular weight is 402 g/mol. The first-order chi connectivity index (χ1) is 13.2. The third kappa shape index (κ3) is 3.95. The van der Waals surface area contributed by atoms with Gasteiger partial charge in [-0.15, -0.1) is 0 Å². The van der Waals surface area contributed by atoms with Crippen molar-refractivity contribution in [3.63, 3.8) is 0 Å². The Labute approximate surface area is 161 Å². The summed E-state index contributed by atoms with van der Waals surface area (Å²) in [4.78, 5) is 38.3. The van der Waals surface area contributed by atoms with Gasteiger partial charge in [0.15, 0.2) is 5.78 Å². The largest absolute Gasteiger partial charge is 0.497 e. The second-order valence-electron chi connectivity index (χ2n) is 6.36.